The van der Waals surface area contributed by atoms with E-state index in [1.165, 1.54) is 6.07 Å². The fraction of sp³-hybridized carbons (Fsp3) is 0.222. The number of halogens is 2. The molecular weight excluding hydrogens is 314 g/mol. The molecule has 24 heavy (non-hydrogen) atoms. The third-order valence-corrected chi connectivity index (χ3v) is 3.15. The first kappa shape index (κ1) is 17.6. The molecular formula is C18H18F2N2O2. The Bertz CT molecular complexity index is 756. The number of ether oxygens (including phenoxy) is 1. The molecule has 126 valence electrons. The Morgan fingerprint density at radius 2 is 1.67 bits per heavy atom. The highest BCUT2D eigenvalue weighted by atomic mass is 19.2. The van der Waals surface area contributed by atoms with Gasteiger partial charge in [-0.3, -0.25) is 4.79 Å². The molecule has 0 spiro atoms. The van der Waals surface area contributed by atoms with Crippen molar-refractivity contribution in [1.29, 1.82) is 0 Å². The Morgan fingerprint density at radius 3 is 2.25 bits per heavy atom. The summed E-state index contributed by atoms with van der Waals surface area (Å²) < 4.78 is 31.6. The topological polar surface area (TPSA) is 50.7 Å². The zero-order chi connectivity index (χ0) is 17.7. The van der Waals surface area contributed by atoms with Gasteiger partial charge >= 0.3 is 0 Å². The quantitative estimate of drug-likeness (QED) is 0.667. The molecule has 2 aromatic rings. The van der Waals surface area contributed by atoms with Gasteiger partial charge in [0.15, 0.2) is 11.6 Å². The maximum absolute atomic E-state index is 13.2. The van der Waals surface area contributed by atoms with E-state index >= 15 is 0 Å². The largest absolute Gasteiger partial charge is 0.491 e. The molecule has 6 heteroatoms. The molecule has 0 bridgehead atoms. The van der Waals surface area contributed by atoms with E-state index in [-0.39, 0.29) is 6.10 Å². The Balaban J connectivity index is 2.04. The van der Waals surface area contributed by atoms with Gasteiger partial charge in [0.2, 0.25) is 0 Å². The first-order valence-corrected chi connectivity index (χ1v) is 7.43. The molecule has 0 radical (unpaired) electrons. The van der Waals surface area contributed by atoms with Gasteiger partial charge in [-0.2, -0.15) is 5.10 Å². The molecule has 0 saturated heterocycles. The minimum atomic E-state index is -0.964. The van der Waals surface area contributed by atoms with E-state index in [0.29, 0.717) is 22.6 Å². The third kappa shape index (κ3) is 4.62. The van der Waals surface area contributed by atoms with E-state index in [4.69, 9.17) is 4.74 Å². The lowest BCUT2D eigenvalue weighted by molar-refractivity contribution is 0.0955. The van der Waals surface area contributed by atoms with Gasteiger partial charge in [0.05, 0.1) is 11.8 Å². The smallest absolute Gasteiger partial charge is 0.271 e. The molecule has 0 heterocycles. The summed E-state index contributed by atoms with van der Waals surface area (Å²) in [5, 5.41) is 3.91. The lowest BCUT2D eigenvalue weighted by atomic mass is 10.1. The summed E-state index contributed by atoms with van der Waals surface area (Å²) in [7, 11) is 0. The van der Waals surface area contributed by atoms with E-state index in [9.17, 15) is 13.6 Å². The second kappa shape index (κ2) is 7.68. The third-order valence-electron chi connectivity index (χ3n) is 3.15. The van der Waals surface area contributed by atoms with Crippen LogP contribution in [0.15, 0.2) is 47.6 Å². The van der Waals surface area contributed by atoms with Crippen LogP contribution in [0, 0.1) is 11.6 Å². The maximum atomic E-state index is 13.2. The molecule has 0 aliphatic rings. The van der Waals surface area contributed by atoms with Crippen molar-refractivity contribution in [2.75, 3.05) is 0 Å². The van der Waals surface area contributed by atoms with Gasteiger partial charge < -0.3 is 4.74 Å². The van der Waals surface area contributed by atoms with Crippen molar-refractivity contribution in [2.24, 2.45) is 5.10 Å². The highest BCUT2D eigenvalue weighted by Crippen LogP contribution is 2.14. The van der Waals surface area contributed by atoms with Crippen LogP contribution in [-0.2, 0) is 0 Å². The fourth-order valence-corrected chi connectivity index (χ4v) is 1.94. The standard InChI is InChI=1S/C18H18F2N2O2/c1-11(2)24-15-7-4-13(5-8-15)18(23)22-21-12(3)14-6-9-16(19)17(20)10-14/h4-11H,1-3H3,(H,22,23)/b21-12-. The van der Waals surface area contributed by atoms with Crippen LogP contribution in [0.1, 0.15) is 36.7 Å². The average molecular weight is 332 g/mol. The zero-order valence-corrected chi connectivity index (χ0v) is 13.6. The van der Waals surface area contributed by atoms with E-state index in [0.717, 1.165) is 12.1 Å². The highest BCUT2D eigenvalue weighted by Gasteiger charge is 2.08. The Labute approximate surface area is 139 Å². The minimum Gasteiger partial charge on any atom is -0.491 e. The van der Waals surface area contributed by atoms with E-state index in [1.54, 1.807) is 31.2 Å². The second-order valence-corrected chi connectivity index (χ2v) is 5.46. The molecule has 0 atom stereocenters. The van der Waals surface area contributed by atoms with Crippen molar-refractivity contribution in [3.63, 3.8) is 0 Å². The average Bonchev–Trinajstić information content (AvgIpc) is 2.55. The highest BCUT2D eigenvalue weighted by molar-refractivity contribution is 6.00. The molecule has 0 aliphatic heterocycles. The lowest BCUT2D eigenvalue weighted by Crippen LogP contribution is -2.19. The van der Waals surface area contributed by atoms with E-state index in [2.05, 4.69) is 10.5 Å². The van der Waals surface area contributed by atoms with Crippen molar-refractivity contribution >= 4 is 11.6 Å². The van der Waals surface area contributed by atoms with Crippen LogP contribution < -0.4 is 10.2 Å². The molecule has 1 N–H and O–H groups in total. The van der Waals surface area contributed by atoms with Gasteiger partial charge in [0.1, 0.15) is 5.75 Å². The summed E-state index contributed by atoms with van der Waals surface area (Å²) in [6, 6.07) is 10.1. The second-order valence-electron chi connectivity index (χ2n) is 5.46. The van der Waals surface area contributed by atoms with E-state index in [1.807, 2.05) is 13.8 Å². The van der Waals surface area contributed by atoms with Crippen LogP contribution in [0.5, 0.6) is 5.75 Å². The number of amides is 1. The number of rotatable bonds is 5. The number of nitrogens with one attached hydrogen (secondary N) is 1. The monoisotopic (exact) mass is 332 g/mol. The van der Waals surface area contributed by atoms with Crippen molar-refractivity contribution in [3.8, 4) is 5.75 Å². The summed E-state index contributed by atoms with van der Waals surface area (Å²) in [5.74, 6) is -1.63. The first-order valence-electron chi connectivity index (χ1n) is 7.43. The summed E-state index contributed by atoms with van der Waals surface area (Å²) in [6.07, 6.45) is 0.0491. The van der Waals surface area contributed by atoms with Crippen LogP contribution in [-0.4, -0.2) is 17.7 Å². The van der Waals surface area contributed by atoms with Gasteiger partial charge in [-0.05, 0) is 63.2 Å². The van der Waals surface area contributed by atoms with Crippen molar-refractivity contribution in [1.82, 2.24) is 5.43 Å². The molecule has 1 amide bonds. The zero-order valence-electron chi connectivity index (χ0n) is 13.6. The Morgan fingerprint density at radius 1 is 1.04 bits per heavy atom. The molecule has 0 aromatic heterocycles. The van der Waals surface area contributed by atoms with Crippen molar-refractivity contribution in [3.05, 3.63) is 65.2 Å². The summed E-state index contributed by atoms with van der Waals surface area (Å²) in [6.45, 7) is 5.42. The van der Waals surface area contributed by atoms with Gasteiger partial charge in [0, 0.05) is 11.1 Å². The molecule has 0 fully saturated rings. The first-order chi connectivity index (χ1) is 11.4. The number of nitrogens with zero attached hydrogens (tertiary/aromatic N) is 1. The number of carbonyl (C=O) groups is 1. The SMILES string of the molecule is C/C(=N/NC(=O)c1ccc(OC(C)C)cc1)c1ccc(F)c(F)c1. The van der Waals surface area contributed by atoms with E-state index < -0.39 is 17.5 Å². The van der Waals surface area contributed by atoms with Crippen molar-refractivity contribution in [2.45, 2.75) is 26.9 Å². The number of benzene rings is 2. The summed E-state index contributed by atoms with van der Waals surface area (Å²) >= 11 is 0. The Kier molecular flexibility index (Phi) is 5.63. The number of hydrazone groups is 1. The molecule has 2 aromatic carbocycles. The van der Waals surface area contributed by atoms with Gasteiger partial charge in [-0.1, -0.05) is 0 Å². The lowest BCUT2D eigenvalue weighted by Gasteiger charge is -2.09. The van der Waals surface area contributed by atoms with Gasteiger partial charge in [0.25, 0.3) is 5.91 Å². The summed E-state index contributed by atoms with van der Waals surface area (Å²) in [4.78, 5) is 12.0. The minimum absolute atomic E-state index is 0.0491. The number of hydrogen-bond acceptors (Lipinski definition) is 3. The summed E-state index contributed by atoms with van der Waals surface area (Å²) in [5.41, 5.74) is 3.54. The Hall–Kier alpha value is -2.76. The molecule has 0 aliphatic carbocycles. The number of carbonyl (C=O) groups excluding carboxylic acids is 1. The fourth-order valence-electron chi connectivity index (χ4n) is 1.94. The molecule has 2 rings (SSSR count). The van der Waals surface area contributed by atoms with Gasteiger partial charge in [-0.25, -0.2) is 14.2 Å². The molecule has 4 nitrogen and oxygen atoms in total. The van der Waals surface area contributed by atoms with Crippen LogP contribution in [0.3, 0.4) is 0 Å². The van der Waals surface area contributed by atoms with Gasteiger partial charge in [-0.15, -0.1) is 0 Å². The van der Waals surface area contributed by atoms with Crippen LogP contribution in [0.4, 0.5) is 8.78 Å². The number of hydrogen-bond donors (Lipinski definition) is 1. The maximum Gasteiger partial charge on any atom is 0.271 e. The van der Waals surface area contributed by atoms with Crippen LogP contribution >= 0.6 is 0 Å². The predicted molar refractivity (Wildman–Crippen MR) is 88.2 cm³/mol. The van der Waals surface area contributed by atoms with Crippen LogP contribution in [0.25, 0.3) is 0 Å². The van der Waals surface area contributed by atoms with Crippen LogP contribution in [0.2, 0.25) is 0 Å². The molecule has 0 saturated carbocycles. The predicted octanol–water partition coefficient (Wildman–Crippen LogP) is 3.91. The normalized spacial score (nSPS) is 11.5. The molecule has 0 unspecified atom stereocenters. The van der Waals surface area contributed by atoms with Crippen molar-refractivity contribution < 1.29 is 18.3 Å².